The summed E-state index contributed by atoms with van der Waals surface area (Å²) in [6, 6.07) is 1.37. The lowest BCUT2D eigenvalue weighted by Crippen LogP contribution is -2.26. The molecule has 0 aromatic carbocycles. The Balaban J connectivity index is 0.00000200. The van der Waals surface area contributed by atoms with Crippen molar-refractivity contribution in [3.8, 4) is 0 Å². The minimum atomic E-state index is -3.66. The second-order valence-corrected chi connectivity index (χ2v) is 9.46. The molecular weight excluding hydrogens is 344 g/mol. The standard InChI is InChI=1S/C10H14N2O4S3.ClH/c1-7(2)6-12-18(13,14)9-5-8-3-4-11-19(15,16)10(8)17-9;/h3-5,7,11-12H,6H2,1-2H3;1H. The van der Waals surface area contributed by atoms with Gasteiger partial charge in [-0.1, -0.05) is 13.8 Å². The molecule has 0 saturated heterocycles. The van der Waals surface area contributed by atoms with Gasteiger partial charge in [-0.05, 0) is 18.1 Å². The molecule has 0 amide bonds. The predicted octanol–water partition coefficient (Wildman–Crippen LogP) is 1.37. The first-order valence-electron chi connectivity index (χ1n) is 5.55. The van der Waals surface area contributed by atoms with Crippen molar-refractivity contribution in [3.63, 3.8) is 0 Å². The minimum absolute atomic E-state index is 0. The van der Waals surface area contributed by atoms with Gasteiger partial charge in [-0.25, -0.2) is 21.6 Å². The summed E-state index contributed by atoms with van der Waals surface area (Å²) in [6.45, 7) is 4.09. The van der Waals surface area contributed by atoms with Gasteiger partial charge in [0.15, 0.2) is 0 Å². The van der Waals surface area contributed by atoms with Crippen LogP contribution in [-0.2, 0) is 20.0 Å². The molecule has 0 atom stereocenters. The van der Waals surface area contributed by atoms with Crippen molar-refractivity contribution in [2.45, 2.75) is 22.3 Å². The summed E-state index contributed by atoms with van der Waals surface area (Å²) in [5, 5.41) is 0. The number of fused-ring (bicyclic) bond motifs is 1. The molecule has 1 aromatic rings. The molecule has 1 aliphatic rings. The van der Waals surface area contributed by atoms with Gasteiger partial charge in [-0.3, -0.25) is 4.72 Å². The fourth-order valence-corrected chi connectivity index (χ4v) is 5.70. The largest absolute Gasteiger partial charge is 0.286 e. The molecule has 114 valence electrons. The zero-order valence-corrected chi connectivity index (χ0v) is 14.0. The van der Waals surface area contributed by atoms with Gasteiger partial charge in [0, 0.05) is 18.3 Å². The van der Waals surface area contributed by atoms with Crippen LogP contribution in [0.25, 0.3) is 6.08 Å². The Morgan fingerprint density at radius 3 is 2.60 bits per heavy atom. The van der Waals surface area contributed by atoms with Gasteiger partial charge in [0.2, 0.25) is 10.0 Å². The third kappa shape index (κ3) is 3.53. The van der Waals surface area contributed by atoms with Gasteiger partial charge in [0.25, 0.3) is 10.0 Å². The van der Waals surface area contributed by atoms with Crippen LogP contribution in [0.15, 0.2) is 20.7 Å². The molecule has 10 heteroatoms. The highest BCUT2D eigenvalue weighted by Gasteiger charge is 2.27. The van der Waals surface area contributed by atoms with E-state index in [2.05, 4.69) is 9.44 Å². The van der Waals surface area contributed by atoms with Crippen molar-refractivity contribution in [3.05, 3.63) is 17.8 Å². The average molecular weight is 359 g/mol. The molecule has 0 saturated carbocycles. The van der Waals surface area contributed by atoms with Crippen LogP contribution in [0.2, 0.25) is 0 Å². The summed E-state index contributed by atoms with van der Waals surface area (Å²) >= 11 is 0.749. The summed E-state index contributed by atoms with van der Waals surface area (Å²) in [5.41, 5.74) is 0.397. The topological polar surface area (TPSA) is 92.3 Å². The fourth-order valence-electron chi connectivity index (χ4n) is 1.44. The molecule has 0 aliphatic carbocycles. The number of thiophene rings is 1. The summed E-state index contributed by atoms with van der Waals surface area (Å²) < 4.78 is 52.2. The van der Waals surface area contributed by atoms with Crippen LogP contribution in [0.5, 0.6) is 0 Å². The highest BCUT2D eigenvalue weighted by molar-refractivity contribution is 7.94. The smallest absolute Gasteiger partial charge is 0.271 e. The number of hydrogen-bond donors (Lipinski definition) is 2. The first-order valence-corrected chi connectivity index (χ1v) is 9.33. The molecule has 0 fully saturated rings. The van der Waals surface area contributed by atoms with Gasteiger partial charge in [-0.15, -0.1) is 23.7 Å². The van der Waals surface area contributed by atoms with Crippen molar-refractivity contribution in [1.29, 1.82) is 0 Å². The molecule has 2 N–H and O–H groups in total. The van der Waals surface area contributed by atoms with E-state index in [0.29, 0.717) is 12.1 Å². The van der Waals surface area contributed by atoms with Crippen molar-refractivity contribution in [2.75, 3.05) is 6.54 Å². The Kier molecular flexibility index (Phi) is 5.25. The summed E-state index contributed by atoms with van der Waals surface area (Å²) in [5.74, 6) is 0.176. The first-order chi connectivity index (χ1) is 8.72. The minimum Gasteiger partial charge on any atom is -0.286 e. The Hall–Kier alpha value is -0.610. The zero-order valence-electron chi connectivity index (χ0n) is 10.8. The summed E-state index contributed by atoms with van der Waals surface area (Å²) in [7, 11) is -7.28. The first kappa shape index (κ1) is 17.4. The molecule has 0 radical (unpaired) electrons. The van der Waals surface area contributed by atoms with Gasteiger partial charge < -0.3 is 0 Å². The molecule has 0 unspecified atom stereocenters. The van der Waals surface area contributed by atoms with E-state index in [1.54, 1.807) is 0 Å². The number of nitrogens with one attached hydrogen (secondary N) is 2. The van der Waals surface area contributed by atoms with Crippen molar-refractivity contribution in [2.24, 2.45) is 5.92 Å². The summed E-state index contributed by atoms with van der Waals surface area (Å²) in [6.07, 6.45) is 2.82. The maximum absolute atomic E-state index is 12.0. The lowest BCUT2D eigenvalue weighted by Gasteiger charge is -2.07. The van der Waals surface area contributed by atoms with E-state index < -0.39 is 20.0 Å². The van der Waals surface area contributed by atoms with Crippen LogP contribution < -0.4 is 9.44 Å². The van der Waals surface area contributed by atoms with Gasteiger partial charge in [-0.2, -0.15) is 0 Å². The van der Waals surface area contributed by atoms with Crippen LogP contribution >= 0.6 is 23.7 Å². The van der Waals surface area contributed by atoms with E-state index in [1.807, 2.05) is 13.8 Å². The number of sulfonamides is 2. The number of halogens is 1. The van der Waals surface area contributed by atoms with Crippen LogP contribution in [0.3, 0.4) is 0 Å². The lowest BCUT2D eigenvalue weighted by atomic mass is 10.2. The Morgan fingerprint density at radius 1 is 1.40 bits per heavy atom. The van der Waals surface area contributed by atoms with E-state index in [9.17, 15) is 16.8 Å². The van der Waals surface area contributed by atoms with E-state index in [-0.39, 0.29) is 26.7 Å². The van der Waals surface area contributed by atoms with Crippen LogP contribution in [0, 0.1) is 5.92 Å². The molecule has 0 spiro atoms. The molecule has 20 heavy (non-hydrogen) atoms. The van der Waals surface area contributed by atoms with E-state index in [4.69, 9.17) is 0 Å². The molecule has 1 aliphatic heterocycles. The number of hydrogen-bond acceptors (Lipinski definition) is 5. The van der Waals surface area contributed by atoms with Crippen LogP contribution in [0.1, 0.15) is 19.4 Å². The molecular formula is C10H15ClN2O4S3. The zero-order chi connectivity index (χ0) is 14.3. The predicted molar refractivity (Wildman–Crippen MR) is 80.9 cm³/mol. The highest BCUT2D eigenvalue weighted by Crippen LogP contribution is 2.32. The molecule has 2 rings (SSSR count). The molecule has 6 nitrogen and oxygen atoms in total. The maximum Gasteiger partial charge on any atom is 0.271 e. The average Bonchev–Trinajstić information content (AvgIpc) is 2.72. The quantitative estimate of drug-likeness (QED) is 0.850. The van der Waals surface area contributed by atoms with Gasteiger partial charge in [0.1, 0.15) is 8.42 Å². The fraction of sp³-hybridized carbons (Fsp3) is 0.400. The molecule has 2 heterocycles. The maximum atomic E-state index is 12.0. The van der Waals surface area contributed by atoms with Crippen molar-refractivity contribution >= 4 is 49.9 Å². The van der Waals surface area contributed by atoms with Crippen molar-refractivity contribution in [1.82, 2.24) is 9.44 Å². The van der Waals surface area contributed by atoms with Crippen LogP contribution in [0.4, 0.5) is 0 Å². The highest BCUT2D eigenvalue weighted by atomic mass is 35.5. The third-order valence-electron chi connectivity index (χ3n) is 2.38. The molecule has 1 aromatic heterocycles. The van der Waals surface area contributed by atoms with E-state index in [0.717, 1.165) is 11.3 Å². The van der Waals surface area contributed by atoms with E-state index >= 15 is 0 Å². The van der Waals surface area contributed by atoms with Gasteiger partial charge >= 0.3 is 0 Å². The number of rotatable bonds is 4. The second kappa shape index (κ2) is 6.02. The molecule has 0 bridgehead atoms. The lowest BCUT2D eigenvalue weighted by molar-refractivity contribution is 0.562. The summed E-state index contributed by atoms with van der Waals surface area (Å²) in [4.78, 5) is 0. The monoisotopic (exact) mass is 358 g/mol. The Bertz CT molecular complexity index is 720. The third-order valence-corrected chi connectivity index (χ3v) is 7.30. The Morgan fingerprint density at radius 2 is 2.05 bits per heavy atom. The Labute approximate surface area is 128 Å². The van der Waals surface area contributed by atoms with E-state index in [1.165, 1.54) is 18.3 Å². The normalized spacial score (nSPS) is 16.4. The van der Waals surface area contributed by atoms with Gasteiger partial charge in [0.05, 0.1) is 0 Å². The SMILES string of the molecule is CC(C)CNS(=O)(=O)c1cc2c(s1)S(=O)(=O)NC=C2.Cl. The van der Waals surface area contributed by atoms with Crippen LogP contribution in [-0.4, -0.2) is 23.4 Å². The van der Waals surface area contributed by atoms with Crippen molar-refractivity contribution < 1.29 is 16.8 Å². The second-order valence-electron chi connectivity index (χ2n) is 4.51.